The van der Waals surface area contributed by atoms with Crippen LogP contribution in [-0.2, 0) is 11.2 Å². The molecule has 96 valence electrons. The zero-order valence-electron chi connectivity index (χ0n) is 9.98. The third-order valence-corrected chi connectivity index (χ3v) is 3.06. The van der Waals surface area contributed by atoms with Crippen molar-refractivity contribution in [2.24, 2.45) is 0 Å². The summed E-state index contributed by atoms with van der Waals surface area (Å²) in [7, 11) is 0. The Morgan fingerprint density at radius 1 is 1.33 bits per heavy atom. The fraction of sp³-hybridized carbons (Fsp3) is 0.385. The van der Waals surface area contributed by atoms with Crippen LogP contribution >= 0.6 is 0 Å². The maximum atomic E-state index is 11.6. The highest BCUT2D eigenvalue weighted by Gasteiger charge is 2.23. The number of carbonyl (C=O) groups is 2. The smallest absolute Gasteiger partial charge is 0.315 e. The molecule has 0 aromatic heterocycles. The number of benzene rings is 1. The van der Waals surface area contributed by atoms with E-state index in [2.05, 4.69) is 16.7 Å². The van der Waals surface area contributed by atoms with Crippen molar-refractivity contribution in [2.45, 2.75) is 25.3 Å². The molecule has 2 rings (SSSR count). The van der Waals surface area contributed by atoms with Crippen LogP contribution in [0.25, 0.3) is 0 Å². The first kappa shape index (κ1) is 12.4. The van der Waals surface area contributed by atoms with Crippen LogP contribution in [0.5, 0.6) is 0 Å². The molecular weight excluding hydrogens is 232 g/mol. The van der Waals surface area contributed by atoms with Gasteiger partial charge in [0.2, 0.25) is 0 Å². The molecule has 1 aromatic rings. The summed E-state index contributed by atoms with van der Waals surface area (Å²) in [5.74, 6) is -0.915. The van der Waals surface area contributed by atoms with Crippen LogP contribution in [0.4, 0.5) is 4.79 Å². The summed E-state index contributed by atoms with van der Waals surface area (Å²) >= 11 is 0. The van der Waals surface area contributed by atoms with Gasteiger partial charge in [-0.2, -0.15) is 0 Å². The van der Waals surface area contributed by atoms with Gasteiger partial charge in [-0.05, 0) is 24.0 Å². The second-order valence-corrected chi connectivity index (χ2v) is 4.33. The van der Waals surface area contributed by atoms with Gasteiger partial charge in [0.15, 0.2) is 0 Å². The van der Waals surface area contributed by atoms with Gasteiger partial charge < -0.3 is 15.7 Å². The molecule has 0 spiro atoms. The van der Waals surface area contributed by atoms with E-state index in [1.807, 2.05) is 18.2 Å². The van der Waals surface area contributed by atoms with Crippen molar-refractivity contribution < 1.29 is 14.7 Å². The number of aryl methyl sites for hydroxylation is 1. The minimum Gasteiger partial charge on any atom is -0.481 e. The molecule has 3 N–H and O–H groups in total. The van der Waals surface area contributed by atoms with Crippen LogP contribution in [0.1, 0.15) is 30.0 Å². The first-order valence-corrected chi connectivity index (χ1v) is 6.01. The number of hydrogen-bond donors (Lipinski definition) is 3. The molecule has 5 heteroatoms. The standard InChI is InChI=1S/C13H16N2O3/c16-12(17)7-8-14-13(18)15-11-6-5-9-3-1-2-4-10(9)11/h1-4,11H,5-8H2,(H,16,17)(H2,14,15,18). The number of amides is 2. The molecule has 5 nitrogen and oxygen atoms in total. The first-order valence-electron chi connectivity index (χ1n) is 6.01. The first-order chi connectivity index (χ1) is 8.66. The van der Waals surface area contributed by atoms with Gasteiger partial charge in [-0.15, -0.1) is 0 Å². The van der Waals surface area contributed by atoms with Crippen molar-refractivity contribution in [3.8, 4) is 0 Å². The zero-order valence-corrected chi connectivity index (χ0v) is 9.98. The highest BCUT2D eigenvalue weighted by molar-refractivity contribution is 5.75. The van der Waals surface area contributed by atoms with Crippen molar-refractivity contribution in [3.63, 3.8) is 0 Å². The minimum absolute atomic E-state index is 0.0334. The van der Waals surface area contributed by atoms with Crippen molar-refractivity contribution in [1.82, 2.24) is 10.6 Å². The largest absolute Gasteiger partial charge is 0.481 e. The molecule has 0 radical (unpaired) electrons. The summed E-state index contributed by atoms with van der Waals surface area (Å²) in [4.78, 5) is 21.9. The van der Waals surface area contributed by atoms with Crippen LogP contribution in [0.3, 0.4) is 0 Å². The number of carbonyl (C=O) groups excluding carboxylic acids is 1. The predicted molar refractivity (Wildman–Crippen MR) is 66.3 cm³/mol. The van der Waals surface area contributed by atoms with Gasteiger partial charge in [0.05, 0.1) is 12.5 Å². The number of fused-ring (bicyclic) bond motifs is 1. The van der Waals surface area contributed by atoms with Crippen molar-refractivity contribution in [1.29, 1.82) is 0 Å². The lowest BCUT2D eigenvalue weighted by atomic mass is 10.1. The molecule has 1 atom stereocenters. The van der Waals surface area contributed by atoms with Crippen molar-refractivity contribution in [2.75, 3.05) is 6.54 Å². The lowest BCUT2D eigenvalue weighted by Crippen LogP contribution is -2.38. The van der Waals surface area contributed by atoms with Gasteiger partial charge in [-0.1, -0.05) is 24.3 Å². The lowest BCUT2D eigenvalue weighted by Gasteiger charge is -2.14. The number of carboxylic acids is 1. The normalized spacial score (nSPS) is 17.0. The quantitative estimate of drug-likeness (QED) is 0.754. The van der Waals surface area contributed by atoms with E-state index in [1.54, 1.807) is 0 Å². The van der Waals surface area contributed by atoms with Crippen LogP contribution < -0.4 is 10.6 Å². The summed E-state index contributed by atoms with van der Waals surface area (Å²) in [6, 6.07) is 7.77. The van der Waals surface area contributed by atoms with E-state index >= 15 is 0 Å². The summed E-state index contributed by atoms with van der Waals surface area (Å²) in [5.41, 5.74) is 2.43. The SMILES string of the molecule is O=C(O)CCNC(=O)NC1CCc2ccccc21. The Morgan fingerprint density at radius 3 is 2.89 bits per heavy atom. The number of urea groups is 1. The lowest BCUT2D eigenvalue weighted by molar-refractivity contribution is -0.136. The van der Waals surface area contributed by atoms with E-state index in [1.165, 1.54) is 5.56 Å². The van der Waals surface area contributed by atoms with Gasteiger partial charge in [0.1, 0.15) is 0 Å². The molecule has 0 saturated heterocycles. The summed E-state index contributed by atoms with van der Waals surface area (Å²) < 4.78 is 0. The Hall–Kier alpha value is -2.04. The Kier molecular flexibility index (Phi) is 3.82. The second-order valence-electron chi connectivity index (χ2n) is 4.33. The summed E-state index contributed by atoms with van der Waals surface area (Å²) in [6.45, 7) is 0.148. The van der Waals surface area contributed by atoms with E-state index in [9.17, 15) is 9.59 Å². The van der Waals surface area contributed by atoms with Crippen LogP contribution in [0, 0.1) is 0 Å². The van der Waals surface area contributed by atoms with E-state index in [4.69, 9.17) is 5.11 Å². The highest BCUT2D eigenvalue weighted by Crippen LogP contribution is 2.30. The fourth-order valence-corrected chi connectivity index (χ4v) is 2.20. The van der Waals surface area contributed by atoms with Crippen molar-refractivity contribution in [3.05, 3.63) is 35.4 Å². The van der Waals surface area contributed by atoms with Crippen molar-refractivity contribution >= 4 is 12.0 Å². The van der Waals surface area contributed by atoms with Gasteiger partial charge in [0.25, 0.3) is 0 Å². The molecule has 0 heterocycles. The molecule has 0 saturated carbocycles. The monoisotopic (exact) mass is 248 g/mol. The number of carboxylic acid groups (broad SMARTS) is 1. The topological polar surface area (TPSA) is 78.4 Å². The summed E-state index contributed by atoms with van der Waals surface area (Å²) in [5, 5.41) is 13.9. The number of rotatable bonds is 4. The maximum Gasteiger partial charge on any atom is 0.315 e. The van der Waals surface area contributed by atoms with E-state index in [-0.39, 0.29) is 25.0 Å². The molecule has 1 unspecified atom stereocenters. The number of aliphatic carboxylic acids is 1. The van der Waals surface area contributed by atoms with Gasteiger partial charge in [-0.25, -0.2) is 4.79 Å². The summed E-state index contributed by atoms with van der Waals surface area (Å²) in [6.07, 6.45) is 1.80. The van der Waals surface area contributed by atoms with E-state index in [0.717, 1.165) is 18.4 Å². The zero-order chi connectivity index (χ0) is 13.0. The molecule has 1 aromatic carbocycles. The van der Waals surface area contributed by atoms with Crippen LogP contribution in [0.2, 0.25) is 0 Å². The van der Waals surface area contributed by atoms with Gasteiger partial charge >= 0.3 is 12.0 Å². The van der Waals surface area contributed by atoms with Crippen LogP contribution in [0.15, 0.2) is 24.3 Å². The molecule has 0 aliphatic heterocycles. The predicted octanol–water partition coefficient (Wildman–Crippen LogP) is 1.45. The molecule has 1 aliphatic rings. The Labute approximate surface area is 105 Å². The average molecular weight is 248 g/mol. The second kappa shape index (κ2) is 5.53. The van der Waals surface area contributed by atoms with E-state index < -0.39 is 5.97 Å². The Bertz CT molecular complexity index is 459. The third-order valence-electron chi connectivity index (χ3n) is 3.06. The Balaban J connectivity index is 1.84. The maximum absolute atomic E-state index is 11.6. The van der Waals surface area contributed by atoms with E-state index in [0.29, 0.717) is 0 Å². The Morgan fingerprint density at radius 2 is 2.11 bits per heavy atom. The fourth-order valence-electron chi connectivity index (χ4n) is 2.20. The highest BCUT2D eigenvalue weighted by atomic mass is 16.4. The van der Waals surface area contributed by atoms with Gasteiger partial charge in [0, 0.05) is 6.54 Å². The average Bonchev–Trinajstić information content (AvgIpc) is 2.72. The minimum atomic E-state index is -0.915. The van der Waals surface area contributed by atoms with Crippen LogP contribution in [-0.4, -0.2) is 23.7 Å². The molecular formula is C13H16N2O3. The third kappa shape index (κ3) is 3.00. The molecule has 1 aliphatic carbocycles. The molecule has 0 bridgehead atoms. The molecule has 18 heavy (non-hydrogen) atoms. The molecule has 2 amide bonds. The van der Waals surface area contributed by atoms with Gasteiger partial charge in [-0.3, -0.25) is 4.79 Å². The number of hydrogen-bond acceptors (Lipinski definition) is 2. The molecule has 0 fully saturated rings. The number of nitrogens with one attached hydrogen (secondary N) is 2.